The molecule has 2 rings (SSSR count). The minimum Gasteiger partial charge on any atom is -0.388 e. The van der Waals surface area contributed by atoms with Gasteiger partial charge in [0.05, 0.1) is 11.7 Å². The molecule has 0 fully saturated rings. The Hall–Kier alpha value is -2.02. The normalized spacial score (nSPS) is 12.2. The van der Waals surface area contributed by atoms with Crippen LogP contribution in [0.15, 0.2) is 16.8 Å². The van der Waals surface area contributed by atoms with E-state index in [2.05, 4.69) is 20.4 Å². The number of aromatic nitrogens is 3. The predicted octanol–water partition coefficient (Wildman–Crippen LogP) is 1.89. The maximum atomic E-state index is 5.54. The van der Waals surface area contributed by atoms with Crippen LogP contribution >= 0.6 is 12.2 Å². The van der Waals surface area contributed by atoms with Crippen LogP contribution in [0, 0.1) is 13.8 Å². The van der Waals surface area contributed by atoms with Gasteiger partial charge in [-0.15, -0.1) is 0 Å². The molecule has 0 spiro atoms. The summed E-state index contributed by atoms with van der Waals surface area (Å²) in [7, 11) is 0. The van der Waals surface area contributed by atoms with Crippen molar-refractivity contribution >= 4 is 23.2 Å². The maximum absolute atomic E-state index is 5.54. The number of aryl methyl sites for hydroxylation is 2. The van der Waals surface area contributed by atoms with E-state index in [0.29, 0.717) is 11.6 Å². The van der Waals surface area contributed by atoms with E-state index in [-0.39, 0.29) is 11.0 Å². The molecule has 3 N–H and O–H groups in total. The molecule has 0 radical (unpaired) electrons. The van der Waals surface area contributed by atoms with Crippen LogP contribution in [0.3, 0.4) is 0 Å². The Morgan fingerprint density at radius 3 is 2.79 bits per heavy atom. The van der Waals surface area contributed by atoms with E-state index >= 15 is 0 Å². The number of nitrogens with two attached hydrogens (primary N) is 1. The Morgan fingerprint density at radius 1 is 1.47 bits per heavy atom. The van der Waals surface area contributed by atoms with Gasteiger partial charge in [0.15, 0.2) is 0 Å². The number of rotatable bonds is 4. The summed E-state index contributed by atoms with van der Waals surface area (Å²) in [6.45, 7) is 5.76. The summed E-state index contributed by atoms with van der Waals surface area (Å²) in [5.74, 6) is 1.25. The molecule has 19 heavy (non-hydrogen) atoms. The lowest BCUT2D eigenvalue weighted by Crippen LogP contribution is -2.15. The predicted molar refractivity (Wildman–Crippen MR) is 75.9 cm³/mol. The monoisotopic (exact) mass is 277 g/mol. The smallest absolute Gasteiger partial charge is 0.223 e. The molecular formula is C12H15N5OS. The van der Waals surface area contributed by atoms with Gasteiger partial charge in [-0.05, 0) is 26.8 Å². The van der Waals surface area contributed by atoms with Gasteiger partial charge in [0.2, 0.25) is 5.95 Å². The largest absolute Gasteiger partial charge is 0.388 e. The number of hydrogen-bond donors (Lipinski definition) is 2. The van der Waals surface area contributed by atoms with E-state index in [4.69, 9.17) is 22.5 Å². The summed E-state index contributed by atoms with van der Waals surface area (Å²) >= 11 is 4.89. The van der Waals surface area contributed by atoms with Crippen molar-refractivity contribution in [2.75, 3.05) is 5.32 Å². The average Bonchev–Trinajstić information content (AvgIpc) is 2.69. The van der Waals surface area contributed by atoms with Crippen molar-refractivity contribution in [3.8, 4) is 0 Å². The van der Waals surface area contributed by atoms with Crippen molar-refractivity contribution in [1.82, 2.24) is 15.1 Å². The highest BCUT2D eigenvalue weighted by atomic mass is 32.1. The second kappa shape index (κ2) is 5.31. The quantitative estimate of drug-likeness (QED) is 0.825. The minimum absolute atomic E-state index is 0.0205. The SMILES string of the molecule is Cc1noc(C)c1C(C)Nc1nccc(C(N)=S)n1. The molecule has 0 aromatic carbocycles. The first kappa shape index (κ1) is 13.4. The van der Waals surface area contributed by atoms with Gasteiger partial charge in [0.25, 0.3) is 0 Å². The third kappa shape index (κ3) is 2.87. The van der Waals surface area contributed by atoms with Gasteiger partial charge in [-0.1, -0.05) is 17.4 Å². The highest BCUT2D eigenvalue weighted by molar-refractivity contribution is 7.80. The standard InChI is InChI=1S/C12H15N5OS/c1-6(10-7(2)17-18-8(10)3)15-12-14-5-4-9(16-12)11(13)19/h4-6H,1-3H3,(H2,13,19)(H,14,15,16). The third-order valence-electron chi connectivity index (χ3n) is 2.78. The van der Waals surface area contributed by atoms with E-state index in [1.54, 1.807) is 12.3 Å². The fourth-order valence-corrected chi connectivity index (χ4v) is 2.05. The molecule has 1 atom stereocenters. The second-order valence-electron chi connectivity index (χ2n) is 4.23. The Balaban J connectivity index is 2.22. The molecule has 6 nitrogen and oxygen atoms in total. The maximum Gasteiger partial charge on any atom is 0.223 e. The lowest BCUT2D eigenvalue weighted by Gasteiger charge is -2.13. The van der Waals surface area contributed by atoms with Crippen LogP contribution < -0.4 is 11.1 Å². The Bertz CT molecular complexity index is 590. The van der Waals surface area contributed by atoms with E-state index in [1.165, 1.54) is 0 Å². The van der Waals surface area contributed by atoms with Gasteiger partial charge in [-0.2, -0.15) is 0 Å². The molecule has 0 aliphatic rings. The van der Waals surface area contributed by atoms with Crippen LogP contribution in [0.5, 0.6) is 0 Å². The molecule has 0 aliphatic carbocycles. The zero-order chi connectivity index (χ0) is 14.0. The van der Waals surface area contributed by atoms with Crippen molar-refractivity contribution in [2.45, 2.75) is 26.8 Å². The lowest BCUT2D eigenvalue weighted by molar-refractivity contribution is 0.392. The highest BCUT2D eigenvalue weighted by Crippen LogP contribution is 2.23. The van der Waals surface area contributed by atoms with E-state index < -0.39 is 0 Å². The first-order chi connectivity index (χ1) is 8.99. The fourth-order valence-electron chi connectivity index (χ4n) is 1.94. The van der Waals surface area contributed by atoms with Gasteiger partial charge in [-0.3, -0.25) is 0 Å². The van der Waals surface area contributed by atoms with Crippen molar-refractivity contribution in [1.29, 1.82) is 0 Å². The zero-order valence-corrected chi connectivity index (χ0v) is 11.8. The third-order valence-corrected chi connectivity index (χ3v) is 2.98. The number of hydrogen-bond acceptors (Lipinski definition) is 6. The minimum atomic E-state index is -0.0205. The fraction of sp³-hybridized carbons (Fsp3) is 0.333. The van der Waals surface area contributed by atoms with Gasteiger partial charge < -0.3 is 15.6 Å². The van der Waals surface area contributed by atoms with Gasteiger partial charge in [-0.25, -0.2) is 9.97 Å². The molecule has 2 heterocycles. The molecule has 2 aromatic heterocycles. The first-order valence-electron chi connectivity index (χ1n) is 5.81. The van der Waals surface area contributed by atoms with Gasteiger partial charge in [0, 0.05) is 11.8 Å². The second-order valence-corrected chi connectivity index (χ2v) is 4.67. The van der Waals surface area contributed by atoms with Crippen LogP contribution in [0.2, 0.25) is 0 Å². The Kier molecular flexibility index (Phi) is 3.75. The van der Waals surface area contributed by atoms with E-state index in [9.17, 15) is 0 Å². The summed E-state index contributed by atoms with van der Waals surface area (Å²) in [5.41, 5.74) is 7.94. The average molecular weight is 277 g/mol. The number of anilines is 1. The summed E-state index contributed by atoms with van der Waals surface area (Å²) < 4.78 is 5.14. The Morgan fingerprint density at radius 2 is 2.21 bits per heavy atom. The van der Waals surface area contributed by atoms with Crippen LogP contribution in [-0.2, 0) is 0 Å². The van der Waals surface area contributed by atoms with Crippen molar-refractivity contribution < 1.29 is 4.52 Å². The molecule has 1 unspecified atom stereocenters. The molecule has 0 aliphatic heterocycles. The molecule has 0 saturated carbocycles. The summed E-state index contributed by atoms with van der Waals surface area (Å²) in [5, 5.41) is 7.11. The molecule has 0 bridgehead atoms. The zero-order valence-electron chi connectivity index (χ0n) is 11.0. The molecule has 7 heteroatoms. The van der Waals surface area contributed by atoms with Gasteiger partial charge >= 0.3 is 0 Å². The number of nitrogens with zero attached hydrogens (tertiary/aromatic N) is 3. The van der Waals surface area contributed by atoms with Crippen molar-refractivity contribution in [3.05, 3.63) is 35.0 Å². The first-order valence-corrected chi connectivity index (χ1v) is 6.22. The molecule has 2 aromatic rings. The van der Waals surface area contributed by atoms with Crippen LogP contribution in [0.4, 0.5) is 5.95 Å². The Labute approximate surface area is 116 Å². The van der Waals surface area contributed by atoms with Crippen molar-refractivity contribution in [2.24, 2.45) is 5.73 Å². The highest BCUT2D eigenvalue weighted by Gasteiger charge is 2.17. The van der Waals surface area contributed by atoms with Crippen LogP contribution in [0.1, 0.15) is 35.7 Å². The number of nitrogens with one attached hydrogen (secondary N) is 1. The van der Waals surface area contributed by atoms with Crippen LogP contribution in [0.25, 0.3) is 0 Å². The lowest BCUT2D eigenvalue weighted by atomic mass is 10.1. The van der Waals surface area contributed by atoms with E-state index in [1.807, 2.05) is 20.8 Å². The molecule has 0 saturated heterocycles. The number of thiocarbonyl (C=S) groups is 1. The van der Waals surface area contributed by atoms with Crippen molar-refractivity contribution in [3.63, 3.8) is 0 Å². The topological polar surface area (TPSA) is 89.9 Å². The summed E-state index contributed by atoms with van der Waals surface area (Å²) in [6, 6.07) is 1.65. The van der Waals surface area contributed by atoms with Crippen LogP contribution in [-0.4, -0.2) is 20.1 Å². The van der Waals surface area contributed by atoms with E-state index in [0.717, 1.165) is 17.0 Å². The summed E-state index contributed by atoms with van der Waals surface area (Å²) in [4.78, 5) is 8.63. The van der Waals surface area contributed by atoms with Gasteiger partial charge in [0.1, 0.15) is 16.4 Å². The molecular weight excluding hydrogens is 262 g/mol. The summed E-state index contributed by atoms with van der Waals surface area (Å²) in [6.07, 6.45) is 1.61. The molecule has 100 valence electrons. The molecule has 0 amide bonds.